The number of methoxy groups -OCH3 is 1. The molecule has 0 aliphatic carbocycles. The van der Waals surface area contributed by atoms with Gasteiger partial charge in [-0.2, -0.15) is 0 Å². The second kappa shape index (κ2) is 7.73. The van der Waals surface area contributed by atoms with Gasteiger partial charge in [-0.25, -0.2) is 4.79 Å². The zero-order valence-electron chi connectivity index (χ0n) is 16.0. The lowest BCUT2D eigenvalue weighted by Gasteiger charge is -2.15. The van der Waals surface area contributed by atoms with E-state index in [2.05, 4.69) is 10.3 Å². The molecule has 2 heterocycles. The van der Waals surface area contributed by atoms with Crippen LogP contribution in [0.15, 0.2) is 18.2 Å². The van der Waals surface area contributed by atoms with Crippen molar-refractivity contribution in [2.24, 2.45) is 0 Å². The van der Waals surface area contributed by atoms with Gasteiger partial charge in [0.25, 0.3) is 5.91 Å². The normalized spacial score (nSPS) is 13.3. The first-order chi connectivity index (χ1) is 13.0. The van der Waals surface area contributed by atoms with Crippen LogP contribution in [0.4, 0.5) is 0 Å². The van der Waals surface area contributed by atoms with Crippen LogP contribution in [0.3, 0.4) is 0 Å². The number of hydrogen-bond acceptors (Lipinski definition) is 5. The number of aromatic amines is 1. The number of ether oxygens (including phenoxy) is 3. The van der Waals surface area contributed by atoms with Gasteiger partial charge in [0.15, 0.2) is 11.5 Å². The van der Waals surface area contributed by atoms with Gasteiger partial charge >= 0.3 is 5.97 Å². The van der Waals surface area contributed by atoms with Gasteiger partial charge in [0.1, 0.15) is 5.69 Å². The first-order valence-corrected chi connectivity index (χ1v) is 8.96. The summed E-state index contributed by atoms with van der Waals surface area (Å²) in [5, 5.41) is 2.98. The predicted octanol–water partition coefficient (Wildman–Crippen LogP) is 3.28. The molecule has 7 heteroatoms. The topological polar surface area (TPSA) is 89.7 Å². The van der Waals surface area contributed by atoms with Gasteiger partial charge in [0.05, 0.1) is 18.7 Å². The van der Waals surface area contributed by atoms with Crippen molar-refractivity contribution in [1.29, 1.82) is 0 Å². The Hall–Kier alpha value is -2.96. The van der Waals surface area contributed by atoms with Crippen molar-refractivity contribution < 1.29 is 23.8 Å². The summed E-state index contributed by atoms with van der Waals surface area (Å²) in [4.78, 5) is 28.1. The van der Waals surface area contributed by atoms with E-state index in [0.717, 1.165) is 12.0 Å². The lowest BCUT2D eigenvalue weighted by molar-refractivity contribution is 0.0599. The highest BCUT2D eigenvalue weighted by atomic mass is 16.7. The number of aromatic nitrogens is 1. The molecule has 2 N–H and O–H groups in total. The highest BCUT2D eigenvalue weighted by molar-refractivity contribution is 6.00. The molecule has 0 fully saturated rings. The van der Waals surface area contributed by atoms with Gasteiger partial charge in [-0.1, -0.05) is 19.4 Å². The highest BCUT2D eigenvalue weighted by Crippen LogP contribution is 2.34. The minimum absolute atomic E-state index is 0.206. The van der Waals surface area contributed by atoms with E-state index >= 15 is 0 Å². The third-order valence-electron chi connectivity index (χ3n) is 4.65. The number of esters is 1. The minimum atomic E-state index is -0.435. The van der Waals surface area contributed by atoms with Crippen molar-refractivity contribution in [3.8, 4) is 11.5 Å². The summed E-state index contributed by atoms with van der Waals surface area (Å²) in [6, 6.07) is 5.34. The van der Waals surface area contributed by atoms with Crippen LogP contribution < -0.4 is 14.8 Å². The largest absolute Gasteiger partial charge is 0.465 e. The summed E-state index contributed by atoms with van der Waals surface area (Å²) in [7, 11) is 1.34. The molecule has 0 radical (unpaired) electrons. The van der Waals surface area contributed by atoms with Gasteiger partial charge in [-0.15, -0.1) is 0 Å². The molecular formula is C20H24N2O5. The zero-order chi connectivity index (χ0) is 19.6. The van der Waals surface area contributed by atoms with Gasteiger partial charge in [-0.3, -0.25) is 4.79 Å². The fraction of sp³-hybridized carbons (Fsp3) is 0.400. The maximum absolute atomic E-state index is 12.9. The number of H-pyrrole nitrogens is 1. The maximum atomic E-state index is 12.9. The van der Waals surface area contributed by atoms with E-state index in [1.54, 1.807) is 6.92 Å². The molecule has 0 spiro atoms. The molecule has 3 rings (SSSR count). The van der Waals surface area contributed by atoms with Crippen molar-refractivity contribution in [2.45, 2.75) is 39.7 Å². The summed E-state index contributed by atoms with van der Waals surface area (Å²) < 4.78 is 15.6. The molecule has 1 atom stereocenters. The molecule has 7 nitrogen and oxygen atoms in total. The molecule has 0 saturated heterocycles. The summed E-state index contributed by atoms with van der Waals surface area (Å²) in [5.41, 5.74) is 3.08. The lowest BCUT2D eigenvalue weighted by Crippen LogP contribution is -2.28. The number of fused-ring (bicyclic) bond motifs is 1. The smallest absolute Gasteiger partial charge is 0.339 e. The Bertz CT molecular complexity index is 871. The van der Waals surface area contributed by atoms with E-state index in [1.165, 1.54) is 7.11 Å². The number of benzene rings is 1. The molecule has 1 aliphatic rings. The van der Waals surface area contributed by atoms with Gasteiger partial charge in [0.2, 0.25) is 6.79 Å². The maximum Gasteiger partial charge on any atom is 0.339 e. The number of aryl methyl sites for hydroxylation is 1. The fourth-order valence-corrected chi connectivity index (χ4v) is 3.28. The molecule has 1 aliphatic heterocycles. The Morgan fingerprint density at radius 2 is 2.04 bits per heavy atom. The van der Waals surface area contributed by atoms with E-state index < -0.39 is 5.97 Å². The molecule has 27 heavy (non-hydrogen) atoms. The zero-order valence-corrected chi connectivity index (χ0v) is 16.0. The second-order valence-electron chi connectivity index (χ2n) is 6.53. The van der Waals surface area contributed by atoms with Crippen molar-refractivity contribution in [2.75, 3.05) is 13.9 Å². The number of amides is 1. The second-order valence-corrected chi connectivity index (χ2v) is 6.53. The summed E-state index contributed by atoms with van der Waals surface area (Å²) >= 11 is 0. The monoisotopic (exact) mass is 372 g/mol. The Morgan fingerprint density at radius 1 is 1.30 bits per heavy atom. The SMILES string of the molecule is CCCc1c(C(=O)NC(C)c2ccc3c(c2)OCO3)[nH]c(C)c1C(=O)OC. The average Bonchev–Trinajstić information content (AvgIpc) is 3.25. The Balaban J connectivity index is 1.84. The molecule has 0 saturated carbocycles. The highest BCUT2D eigenvalue weighted by Gasteiger charge is 2.26. The Morgan fingerprint density at radius 3 is 2.74 bits per heavy atom. The van der Waals surface area contributed by atoms with Crippen molar-refractivity contribution in [3.63, 3.8) is 0 Å². The summed E-state index contributed by atoms with van der Waals surface area (Å²) in [5.74, 6) is 0.672. The van der Waals surface area contributed by atoms with Gasteiger partial charge < -0.3 is 24.5 Å². The molecule has 1 amide bonds. The Kier molecular flexibility index (Phi) is 5.39. The number of carbonyl (C=O) groups excluding carboxylic acids is 2. The number of carbonyl (C=O) groups is 2. The molecule has 0 bridgehead atoms. The predicted molar refractivity (Wildman–Crippen MR) is 99.3 cm³/mol. The quantitative estimate of drug-likeness (QED) is 0.760. The Labute approximate surface area is 158 Å². The molecular weight excluding hydrogens is 348 g/mol. The van der Waals surface area contributed by atoms with Crippen LogP contribution in [0.5, 0.6) is 11.5 Å². The standard InChI is InChI=1S/C20H24N2O5/c1-5-6-14-17(20(24)25-4)12(3)21-18(14)19(23)22-11(2)13-7-8-15-16(9-13)27-10-26-15/h7-9,11,21H,5-6,10H2,1-4H3,(H,22,23). The number of hydrogen-bond donors (Lipinski definition) is 2. The first-order valence-electron chi connectivity index (χ1n) is 8.96. The number of rotatable bonds is 6. The molecule has 2 aromatic rings. The van der Waals surface area contributed by atoms with Crippen molar-refractivity contribution >= 4 is 11.9 Å². The van der Waals surface area contributed by atoms with E-state index in [9.17, 15) is 9.59 Å². The van der Waals surface area contributed by atoms with Crippen molar-refractivity contribution in [3.05, 3.63) is 46.3 Å². The van der Waals surface area contributed by atoms with Crippen LogP contribution in [0.25, 0.3) is 0 Å². The molecule has 1 aromatic heterocycles. The van der Waals surface area contributed by atoms with Gasteiger partial charge in [-0.05, 0) is 43.5 Å². The van der Waals surface area contributed by atoms with E-state index in [-0.39, 0.29) is 18.7 Å². The van der Waals surface area contributed by atoms with E-state index in [4.69, 9.17) is 14.2 Å². The molecule has 144 valence electrons. The third-order valence-corrected chi connectivity index (χ3v) is 4.65. The van der Waals surface area contributed by atoms with Crippen LogP contribution in [0.1, 0.15) is 64.0 Å². The summed E-state index contributed by atoms with van der Waals surface area (Å²) in [6.07, 6.45) is 1.41. The molecule has 1 aromatic carbocycles. The lowest BCUT2D eigenvalue weighted by atomic mass is 10.0. The van der Waals surface area contributed by atoms with Crippen LogP contribution in [0, 0.1) is 6.92 Å². The third kappa shape index (κ3) is 3.63. The van der Waals surface area contributed by atoms with Crippen LogP contribution in [-0.4, -0.2) is 30.8 Å². The van der Waals surface area contributed by atoms with E-state index in [0.29, 0.717) is 40.4 Å². The number of nitrogens with one attached hydrogen (secondary N) is 2. The average molecular weight is 372 g/mol. The van der Waals surface area contributed by atoms with Gasteiger partial charge in [0, 0.05) is 5.69 Å². The van der Waals surface area contributed by atoms with Crippen LogP contribution >= 0.6 is 0 Å². The minimum Gasteiger partial charge on any atom is -0.465 e. The van der Waals surface area contributed by atoms with Crippen molar-refractivity contribution in [1.82, 2.24) is 10.3 Å². The molecule has 1 unspecified atom stereocenters. The van der Waals surface area contributed by atoms with E-state index in [1.807, 2.05) is 32.0 Å². The van der Waals surface area contributed by atoms with Crippen LogP contribution in [0.2, 0.25) is 0 Å². The fourth-order valence-electron chi connectivity index (χ4n) is 3.28. The first kappa shape index (κ1) is 18.8. The van der Waals surface area contributed by atoms with Crippen LogP contribution in [-0.2, 0) is 11.2 Å². The summed E-state index contributed by atoms with van der Waals surface area (Å²) in [6.45, 7) is 5.87.